The van der Waals surface area contributed by atoms with Gasteiger partial charge in [0, 0.05) is 18.2 Å². The number of alkyl carbamates (subject to hydrolysis) is 1. The average Bonchev–Trinajstić information content (AvgIpc) is 2.80. The van der Waals surface area contributed by atoms with Crippen LogP contribution in [0.15, 0.2) is 29.1 Å². The van der Waals surface area contributed by atoms with Gasteiger partial charge in [-0.15, -0.1) is 0 Å². The highest BCUT2D eigenvalue weighted by Gasteiger charge is 2.23. The summed E-state index contributed by atoms with van der Waals surface area (Å²) in [6.45, 7) is 5.25. The first-order chi connectivity index (χ1) is 17.4. The average molecular weight is 520 g/mol. The van der Waals surface area contributed by atoms with Gasteiger partial charge in [0.25, 0.3) is 5.56 Å². The Kier molecular flexibility index (Phi) is 10.3. The molecule has 0 saturated carbocycles. The molecule has 0 spiro atoms. The van der Waals surface area contributed by atoms with Crippen molar-refractivity contribution in [3.63, 3.8) is 0 Å². The normalized spacial score (nSPS) is 11.7. The molecule has 37 heavy (non-hydrogen) atoms. The number of nitrogens with zero attached hydrogens (tertiary/aromatic N) is 1. The minimum atomic E-state index is -1.18. The maximum atomic E-state index is 12.3. The molecule has 202 valence electrons. The summed E-state index contributed by atoms with van der Waals surface area (Å²) in [6.07, 6.45) is 0.190. The van der Waals surface area contributed by atoms with Gasteiger partial charge in [-0.05, 0) is 58.2 Å². The molecule has 0 aliphatic carbocycles. The molecule has 1 aromatic carbocycles. The second-order valence-electron chi connectivity index (χ2n) is 8.96. The van der Waals surface area contributed by atoms with Crippen LogP contribution in [0, 0.1) is 0 Å². The van der Waals surface area contributed by atoms with Crippen LogP contribution in [0.4, 0.5) is 15.5 Å². The molecular weight excluding hydrogens is 486 g/mol. The number of nitrogens with one attached hydrogen (secondary N) is 4. The summed E-state index contributed by atoms with van der Waals surface area (Å²) in [5.41, 5.74) is -0.456. The molecule has 1 atom stereocenters. The zero-order valence-corrected chi connectivity index (χ0v) is 21.5. The topological polar surface area (TPSA) is 181 Å². The Morgan fingerprint density at radius 1 is 1.11 bits per heavy atom. The fourth-order valence-electron chi connectivity index (χ4n) is 3.20. The number of carbonyl (C=O) groups is 3. The van der Waals surface area contributed by atoms with Gasteiger partial charge >= 0.3 is 18.1 Å². The number of unbranched alkanes of at least 4 members (excludes halogenated alkanes) is 1. The molecule has 0 bridgehead atoms. The lowest BCUT2D eigenvalue weighted by Crippen LogP contribution is -2.43. The number of carbonyl (C=O) groups excluding carboxylic acids is 2. The van der Waals surface area contributed by atoms with E-state index in [9.17, 15) is 24.3 Å². The number of rotatable bonds is 11. The number of hydrogen-bond acceptors (Lipinski definition) is 8. The Morgan fingerprint density at radius 3 is 2.46 bits per heavy atom. The highest BCUT2D eigenvalue weighted by molar-refractivity contribution is 5.87. The van der Waals surface area contributed by atoms with Crippen LogP contribution < -0.4 is 31.0 Å². The minimum absolute atomic E-state index is 0.0719. The molecule has 5 N–H and O–H groups in total. The molecule has 1 unspecified atom stereocenters. The quantitative estimate of drug-likeness (QED) is 0.279. The van der Waals surface area contributed by atoms with Crippen molar-refractivity contribution in [3.8, 4) is 22.8 Å². The number of aromatic nitrogens is 2. The highest BCUT2D eigenvalue weighted by atomic mass is 16.6. The zero-order chi connectivity index (χ0) is 27.6. The van der Waals surface area contributed by atoms with E-state index in [1.165, 1.54) is 20.3 Å². The van der Waals surface area contributed by atoms with Crippen LogP contribution in [0.2, 0.25) is 0 Å². The third-order valence-corrected chi connectivity index (χ3v) is 4.85. The van der Waals surface area contributed by atoms with Crippen LogP contribution in [-0.2, 0) is 9.53 Å². The maximum absolute atomic E-state index is 12.3. The van der Waals surface area contributed by atoms with E-state index in [0.717, 1.165) is 0 Å². The van der Waals surface area contributed by atoms with E-state index >= 15 is 0 Å². The van der Waals surface area contributed by atoms with Crippen LogP contribution in [0.3, 0.4) is 0 Å². The predicted octanol–water partition coefficient (Wildman–Crippen LogP) is 2.72. The number of benzene rings is 1. The van der Waals surface area contributed by atoms with E-state index in [-0.39, 0.29) is 24.6 Å². The first-order valence-electron chi connectivity index (χ1n) is 11.5. The van der Waals surface area contributed by atoms with Gasteiger partial charge in [-0.2, -0.15) is 0 Å². The van der Waals surface area contributed by atoms with Crippen LogP contribution >= 0.6 is 0 Å². The van der Waals surface area contributed by atoms with Crippen LogP contribution in [0.5, 0.6) is 11.5 Å². The van der Waals surface area contributed by atoms with Gasteiger partial charge in [0.05, 0.1) is 19.9 Å². The van der Waals surface area contributed by atoms with Crippen molar-refractivity contribution in [2.24, 2.45) is 0 Å². The van der Waals surface area contributed by atoms with Crippen molar-refractivity contribution in [1.29, 1.82) is 0 Å². The Hall–Kier alpha value is -4.29. The van der Waals surface area contributed by atoms with Crippen molar-refractivity contribution in [1.82, 2.24) is 20.6 Å². The van der Waals surface area contributed by atoms with E-state index in [4.69, 9.17) is 14.2 Å². The summed E-state index contributed by atoms with van der Waals surface area (Å²) in [5, 5.41) is 16.7. The van der Waals surface area contributed by atoms with E-state index in [1.807, 2.05) is 0 Å². The molecule has 2 aromatic rings. The van der Waals surface area contributed by atoms with Gasteiger partial charge in [0.2, 0.25) is 5.95 Å². The van der Waals surface area contributed by atoms with Gasteiger partial charge in [0.1, 0.15) is 23.1 Å². The number of urea groups is 1. The number of carboxylic acid groups (broad SMARTS) is 1. The number of aliphatic carboxylic acids is 1. The number of carboxylic acids is 1. The lowest BCUT2D eigenvalue weighted by atomic mass is 10.1. The molecule has 1 heterocycles. The number of H-pyrrole nitrogens is 1. The number of anilines is 1. The molecule has 0 fully saturated rings. The van der Waals surface area contributed by atoms with Crippen molar-refractivity contribution >= 4 is 24.0 Å². The third-order valence-electron chi connectivity index (χ3n) is 4.85. The van der Waals surface area contributed by atoms with Crippen molar-refractivity contribution in [3.05, 3.63) is 34.6 Å². The Morgan fingerprint density at radius 2 is 1.84 bits per heavy atom. The standard InChI is InChI=1S/C24H33N5O8/c1-24(2,3)37-23(34)27-16(20(31)32)8-6-7-11-25-22(33)29-21-26-17(13-19(30)28-21)15-12-14(35-4)9-10-18(15)36-5/h9-10,12-13,16H,6-8,11H2,1-5H3,(H,27,34)(H,31,32)(H3,25,26,28,29,30,33). The van der Waals surface area contributed by atoms with Gasteiger partial charge in [0.15, 0.2) is 0 Å². The molecule has 0 radical (unpaired) electrons. The van der Waals surface area contributed by atoms with Crippen LogP contribution in [0.25, 0.3) is 11.3 Å². The first-order valence-corrected chi connectivity index (χ1v) is 11.5. The number of ether oxygens (including phenoxy) is 3. The first kappa shape index (κ1) is 28.9. The SMILES string of the molecule is COc1ccc(OC)c(-c2cc(=O)[nH]c(NC(=O)NCCCCC(NC(=O)OC(C)(C)C)C(=O)O)n2)c1. The third kappa shape index (κ3) is 9.70. The number of amides is 3. The van der Waals surface area contributed by atoms with Gasteiger partial charge < -0.3 is 30.0 Å². The van der Waals surface area contributed by atoms with Crippen LogP contribution in [-0.4, -0.2) is 65.6 Å². The second-order valence-corrected chi connectivity index (χ2v) is 8.96. The molecule has 13 nitrogen and oxygen atoms in total. The monoisotopic (exact) mass is 519 g/mol. The summed E-state index contributed by atoms with van der Waals surface area (Å²) in [7, 11) is 2.99. The Balaban J connectivity index is 1.90. The fraction of sp³-hybridized carbons (Fsp3) is 0.458. The number of methoxy groups -OCH3 is 2. The lowest BCUT2D eigenvalue weighted by molar-refractivity contribution is -0.139. The van der Waals surface area contributed by atoms with E-state index in [2.05, 4.69) is 25.9 Å². The summed E-state index contributed by atoms with van der Waals surface area (Å²) in [5.74, 6) is -0.247. The van der Waals surface area contributed by atoms with E-state index in [1.54, 1.807) is 39.0 Å². The molecule has 0 aliphatic rings. The molecule has 13 heteroatoms. The fourth-order valence-corrected chi connectivity index (χ4v) is 3.20. The Labute approximate surface area is 213 Å². The van der Waals surface area contributed by atoms with Crippen LogP contribution in [0.1, 0.15) is 40.0 Å². The van der Waals surface area contributed by atoms with Gasteiger partial charge in [-0.25, -0.2) is 19.4 Å². The van der Waals surface area contributed by atoms with Gasteiger partial charge in [-0.1, -0.05) is 0 Å². The second kappa shape index (κ2) is 13.1. The zero-order valence-electron chi connectivity index (χ0n) is 21.5. The van der Waals surface area contributed by atoms with E-state index in [0.29, 0.717) is 29.9 Å². The highest BCUT2D eigenvalue weighted by Crippen LogP contribution is 2.32. The number of hydrogen-bond donors (Lipinski definition) is 5. The van der Waals surface area contributed by atoms with Crippen molar-refractivity contribution < 1.29 is 33.7 Å². The molecule has 2 rings (SSSR count). The molecule has 1 aromatic heterocycles. The predicted molar refractivity (Wildman–Crippen MR) is 135 cm³/mol. The largest absolute Gasteiger partial charge is 0.497 e. The lowest BCUT2D eigenvalue weighted by Gasteiger charge is -2.22. The minimum Gasteiger partial charge on any atom is -0.497 e. The summed E-state index contributed by atoms with van der Waals surface area (Å²) < 4.78 is 15.6. The van der Waals surface area contributed by atoms with Gasteiger partial charge in [-0.3, -0.25) is 15.1 Å². The molecule has 0 saturated heterocycles. The van der Waals surface area contributed by atoms with Crippen molar-refractivity contribution in [2.75, 3.05) is 26.1 Å². The van der Waals surface area contributed by atoms with Crippen molar-refractivity contribution in [2.45, 2.75) is 51.7 Å². The summed E-state index contributed by atoms with van der Waals surface area (Å²) >= 11 is 0. The maximum Gasteiger partial charge on any atom is 0.408 e. The summed E-state index contributed by atoms with van der Waals surface area (Å²) in [6, 6.07) is 4.58. The van der Waals surface area contributed by atoms with E-state index < -0.39 is 35.3 Å². The smallest absolute Gasteiger partial charge is 0.408 e. The summed E-state index contributed by atoms with van der Waals surface area (Å²) in [4.78, 5) is 54.4. The molecule has 3 amide bonds. The Bertz CT molecular complexity index is 1160. The molecular formula is C24H33N5O8. The molecule has 0 aliphatic heterocycles. The number of aromatic amines is 1.